The van der Waals surface area contributed by atoms with E-state index in [0.29, 0.717) is 5.17 Å². The second-order valence-electron chi connectivity index (χ2n) is 4.68. The lowest BCUT2D eigenvalue weighted by Crippen LogP contribution is -2.04. The molecule has 22 heavy (non-hydrogen) atoms. The van der Waals surface area contributed by atoms with E-state index in [2.05, 4.69) is 22.2 Å². The summed E-state index contributed by atoms with van der Waals surface area (Å²) in [5.74, 6) is 0. The Bertz CT molecular complexity index is 783. The summed E-state index contributed by atoms with van der Waals surface area (Å²) in [6, 6.07) is 16.2. The van der Waals surface area contributed by atoms with E-state index in [-0.39, 0.29) is 24.0 Å². The summed E-state index contributed by atoms with van der Waals surface area (Å²) in [7, 11) is 0. The standard InChI is InChI=1S/C16H16N4S.HI/c1-21-16(17)18-14-8-5-9-15-13(14)11-20(19-15)10-12-6-3-2-4-7-12;/h2-9,11H,10H2,1H3,(H2,17,18);1H. The van der Waals surface area contributed by atoms with Gasteiger partial charge >= 0.3 is 0 Å². The highest BCUT2D eigenvalue weighted by Crippen LogP contribution is 2.26. The predicted octanol–water partition coefficient (Wildman–Crippen LogP) is 4.01. The largest absolute Gasteiger partial charge is 0.378 e. The molecule has 1 aromatic heterocycles. The van der Waals surface area contributed by atoms with Crippen LogP contribution in [-0.2, 0) is 6.54 Å². The van der Waals surface area contributed by atoms with E-state index >= 15 is 0 Å². The first-order chi connectivity index (χ1) is 10.3. The van der Waals surface area contributed by atoms with E-state index in [1.807, 2.05) is 53.5 Å². The summed E-state index contributed by atoms with van der Waals surface area (Å²) in [4.78, 5) is 4.43. The van der Waals surface area contributed by atoms with E-state index < -0.39 is 0 Å². The number of aromatic nitrogens is 2. The highest BCUT2D eigenvalue weighted by Gasteiger charge is 2.06. The van der Waals surface area contributed by atoms with Crippen LogP contribution in [0.5, 0.6) is 0 Å². The first kappa shape index (κ1) is 16.8. The highest BCUT2D eigenvalue weighted by atomic mass is 127. The molecule has 0 aliphatic carbocycles. The summed E-state index contributed by atoms with van der Waals surface area (Å²) in [5, 5.41) is 6.17. The average molecular weight is 424 g/mol. The third kappa shape index (κ3) is 3.80. The Kier molecular flexibility index (Phi) is 5.84. The van der Waals surface area contributed by atoms with Gasteiger partial charge in [0.2, 0.25) is 0 Å². The number of hydrogen-bond acceptors (Lipinski definition) is 3. The summed E-state index contributed by atoms with van der Waals surface area (Å²) >= 11 is 1.44. The first-order valence-electron chi connectivity index (χ1n) is 6.64. The number of halogens is 1. The van der Waals surface area contributed by atoms with Crippen molar-refractivity contribution in [1.29, 1.82) is 0 Å². The quantitative estimate of drug-likeness (QED) is 0.393. The number of rotatable bonds is 3. The first-order valence-corrected chi connectivity index (χ1v) is 7.87. The minimum absolute atomic E-state index is 0. The zero-order valence-electron chi connectivity index (χ0n) is 12.1. The average Bonchev–Trinajstić information content (AvgIpc) is 2.91. The van der Waals surface area contributed by atoms with Gasteiger partial charge in [-0.3, -0.25) is 4.68 Å². The zero-order valence-corrected chi connectivity index (χ0v) is 15.3. The lowest BCUT2D eigenvalue weighted by atomic mass is 10.2. The number of nitrogens with two attached hydrogens (primary N) is 1. The second kappa shape index (κ2) is 7.64. The molecule has 1 heterocycles. The topological polar surface area (TPSA) is 56.2 Å². The molecule has 0 aliphatic rings. The molecule has 2 aromatic carbocycles. The molecule has 3 rings (SSSR count). The van der Waals surface area contributed by atoms with Crippen molar-refractivity contribution in [3.8, 4) is 0 Å². The maximum atomic E-state index is 5.81. The number of nitrogens with zero attached hydrogens (tertiary/aromatic N) is 3. The fourth-order valence-corrected chi connectivity index (χ4v) is 2.38. The molecule has 0 aliphatic heterocycles. The van der Waals surface area contributed by atoms with Gasteiger partial charge in [0, 0.05) is 11.6 Å². The molecular weight excluding hydrogens is 407 g/mol. The van der Waals surface area contributed by atoms with Gasteiger partial charge in [0.1, 0.15) is 0 Å². The summed E-state index contributed by atoms with van der Waals surface area (Å²) < 4.78 is 1.94. The third-order valence-electron chi connectivity index (χ3n) is 3.20. The van der Waals surface area contributed by atoms with E-state index in [0.717, 1.165) is 23.1 Å². The highest BCUT2D eigenvalue weighted by molar-refractivity contribution is 14.0. The van der Waals surface area contributed by atoms with Gasteiger partial charge in [-0.1, -0.05) is 48.2 Å². The molecule has 0 saturated carbocycles. The van der Waals surface area contributed by atoms with Crippen LogP contribution in [0.3, 0.4) is 0 Å². The van der Waals surface area contributed by atoms with Crippen LogP contribution in [-0.4, -0.2) is 21.2 Å². The Morgan fingerprint density at radius 1 is 1.18 bits per heavy atom. The van der Waals surface area contributed by atoms with Gasteiger partial charge in [0.25, 0.3) is 0 Å². The minimum atomic E-state index is 0. The summed E-state index contributed by atoms with van der Waals surface area (Å²) in [5.41, 5.74) is 8.82. The van der Waals surface area contributed by atoms with Gasteiger partial charge in [-0.15, -0.1) is 24.0 Å². The van der Waals surface area contributed by atoms with Crippen LogP contribution in [0, 0.1) is 0 Å². The predicted molar refractivity (Wildman–Crippen MR) is 105 cm³/mol. The second-order valence-corrected chi connectivity index (χ2v) is 5.50. The van der Waals surface area contributed by atoms with Crippen LogP contribution in [0.4, 0.5) is 5.69 Å². The molecule has 0 bridgehead atoms. The van der Waals surface area contributed by atoms with Crippen molar-refractivity contribution in [2.24, 2.45) is 10.7 Å². The molecular formula is C16H17IN4S. The van der Waals surface area contributed by atoms with E-state index in [9.17, 15) is 0 Å². The van der Waals surface area contributed by atoms with Crippen molar-refractivity contribution < 1.29 is 0 Å². The van der Waals surface area contributed by atoms with Gasteiger partial charge in [0.15, 0.2) is 5.17 Å². The monoisotopic (exact) mass is 424 g/mol. The summed E-state index contributed by atoms with van der Waals surface area (Å²) in [6.45, 7) is 0.747. The molecule has 3 aromatic rings. The third-order valence-corrected chi connectivity index (χ3v) is 3.71. The molecule has 0 radical (unpaired) electrons. The molecule has 0 unspecified atom stereocenters. The normalized spacial score (nSPS) is 11.4. The number of fused-ring (bicyclic) bond motifs is 1. The summed E-state index contributed by atoms with van der Waals surface area (Å²) in [6.07, 6.45) is 3.94. The molecule has 6 heteroatoms. The number of hydrogen-bond donors (Lipinski definition) is 1. The van der Waals surface area contributed by atoms with Crippen LogP contribution in [0.2, 0.25) is 0 Å². The van der Waals surface area contributed by atoms with Crippen LogP contribution >= 0.6 is 35.7 Å². The Hall–Kier alpha value is -1.54. The van der Waals surface area contributed by atoms with Crippen LogP contribution in [0.15, 0.2) is 59.7 Å². The number of thioether (sulfide) groups is 1. The molecule has 2 N–H and O–H groups in total. The van der Waals surface area contributed by atoms with Gasteiger partial charge in [-0.25, -0.2) is 4.99 Å². The fraction of sp³-hybridized carbons (Fsp3) is 0.125. The van der Waals surface area contributed by atoms with E-state index in [1.165, 1.54) is 17.3 Å². The van der Waals surface area contributed by atoms with Crippen molar-refractivity contribution in [2.45, 2.75) is 6.54 Å². The van der Waals surface area contributed by atoms with Crippen molar-refractivity contribution in [3.63, 3.8) is 0 Å². The van der Waals surface area contributed by atoms with Crippen molar-refractivity contribution in [2.75, 3.05) is 6.26 Å². The van der Waals surface area contributed by atoms with Crippen molar-refractivity contribution >= 4 is 57.5 Å². The maximum absolute atomic E-state index is 5.81. The smallest absolute Gasteiger partial charge is 0.158 e. The number of benzene rings is 2. The Morgan fingerprint density at radius 3 is 2.68 bits per heavy atom. The van der Waals surface area contributed by atoms with Crippen molar-refractivity contribution in [3.05, 3.63) is 60.3 Å². The molecule has 0 fully saturated rings. The van der Waals surface area contributed by atoms with Crippen molar-refractivity contribution in [1.82, 2.24) is 9.78 Å². The van der Waals surface area contributed by atoms with E-state index in [4.69, 9.17) is 5.73 Å². The molecule has 0 atom stereocenters. The van der Waals surface area contributed by atoms with E-state index in [1.54, 1.807) is 0 Å². The SMILES string of the molecule is CSC(N)=Nc1cccc2nn(Cc3ccccc3)cc12.I. The number of amidine groups is 1. The molecule has 0 amide bonds. The lowest BCUT2D eigenvalue weighted by molar-refractivity contribution is 0.696. The Balaban J connectivity index is 0.00000176. The fourth-order valence-electron chi connectivity index (χ4n) is 2.19. The van der Waals surface area contributed by atoms with Crippen LogP contribution in [0.1, 0.15) is 5.56 Å². The van der Waals surface area contributed by atoms with Gasteiger partial charge in [-0.2, -0.15) is 5.10 Å². The number of aliphatic imine (C=N–C) groups is 1. The maximum Gasteiger partial charge on any atom is 0.158 e. The minimum Gasteiger partial charge on any atom is -0.378 e. The van der Waals surface area contributed by atoms with Gasteiger partial charge < -0.3 is 5.73 Å². The Labute approximate surface area is 150 Å². The Morgan fingerprint density at radius 2 is 1.95 bits per heavy atom. The van der Waals surface area contributed by atoms with Gasteiger partial charge in [-0.05, 0) is 24.0 Å². The van der Waals surface area contributed by atoms with Crippen LogP contribution in [0.25, 0.3) is 10.9 Å². The zero-order chi connectivity index (χ0) is 14.7. The molecule has 0 saturated heterocycles. The molecule has 0 spiro atoms. The van der Waals surface area contributed by atoms with Crippen LogP contribution < -0.4 is 5.73 Å². The van der Waals surface area contributed by atoms with Gasteiger partial charge in [0.05, 0.1) is 17.7 Å². The lowest BCUT2D eigenvalue weighted by Gasteiger charge is -2.00. The molecule has 114 valence electrons. The molecule has 4 nitrogen and oxygen atoms in total.